The van der Waals surface area contributed by atoms with Crippen molar-refractivity contribution >= 4 is 17.1 Å². The minimum absolute atomic E-state index is 0.0345. The summed E-state index contributed by atoms with van der Waals surface area (Å²) in [7, 11) is 0. The summed E-state index contributed by atoms with van der Waals surface area (Å²) < 4.78 is 2.25. The smallest absolute Gasteiger partial charge is 0.347 e. The number of fused-ring (bicyclic) bond motifs is 1. The molecule has 0 atom stereocenters. The van der Waals surface area contributed by atoms with Crippen LogP contribution in [0.15, 0.2) is 33.0 Å². The standard InChI is InChI=1S/C9H7N7O3/c10-8-13-6-5(7(18)14-8)11-3-16(6)15-2-1-4(17)12-9(15)19/h1-3H,(H,12,17,19)(H3,10,13,14,18). The third kappa shape index (κ3) is 1.62. The summed E-state index contributed by atoms with van der Waals surface area (Å²) >= 11 is 0. The molecule has 0 fully saturated rings. The first-order valence-electron chi connectivity index (χ1n) is 5.12. The predicted molar refractivity (Wildman–Crippen MR) is 64.7 cm³/mol. The van der Waals surface area contributed by atoms with E-state index < -0.39 is 16.8 Å². The maximum absolute atomic E-state index is 11.7. The molecule has 0 amide bonds. The summed E-state index contributed by atoms with van der Waals surface area (Å²) in [4.78, 5) is 46.4. The van der Waals surface area contributed by atoms with Gasteiger partial charge in [0.2, 0.25) is 5.95 Å². The number of nitrogens with two attached hydrogens (primary N) is 1. The van der Waals surface area contributed by atoms with E-state index in [9.17, 15) is 14.4 Å². The van der Waals surface area contributed by atoms with Crippen molar-refractivity contribution in [1.29, 1.82) is 0 Å². The van der Waals surface area contributed by atoms with Gasteiger partial charge in [-0.1, -0.05) is 0 Å². The van der Waals surface area contributed by atoms with Crippen molar-refractivity contribution in [3.63, 3.8) is 0 Å². The molecule has 3 aromatic rings. The van der Waals surface area contributed by atoms with E-state index in [-0.39, 0.29) is 17.1 Å². The van der Waals surface area contributed by atoms with Crippen LogP contribution in [-0.2, 0) is 0 Å². The maximum atomic E-state index is 11.7. The molecule has 0 aliphatic rings. The number of aromatic amines is 2. The van der Waals surface area contributed by atoms with Crippen LogP contribution in [0.3, 0.4) is 0 Å². The zero-order valence-electron chi connectivity index (χ0n) is 9.32. The average Bonchev–Trinajstić information content (AvgIpc) is 2.73. The molecule has 0 aliphatic carbocycles. The van der Waals surface area contributed by atoms with Crippen molar-refractivity contribution in [1.82, 2.24) is 29.3 Å². The van der Waals surface area contributed by atoms with E-state index in [1.165, 1.54) is 17.2 Å². The SMILES string of the molecule is Nc1nc2c(ncn2-n2ccc(=O)[nH]c2=O)c(=O)[nH]1. The second kappa shape index (κ2) is 3.66. The molecule has 3 heterocycles. The highest BCUT2D eigenvalue weighted by Gasteiger charge is 2.11. The summed E-state index contributed by atoms with van der Waals surface area (Å²) in [5, 5.41) is 0. The van der Waals surface area contributed by atoms with Crippen molar-refractivity contribution in [2.75, 3.05) is 5.73 Å². The Morgan fingerprint density at radius 1 is 1.16 bits per heavy atom. The van der Waals surface area contributed by atoms with Gasteiger partial charge in [0.1, 0.15) is 6.33 Å². The Morgan fingerprint density at radius 2 is 1.95 bits per heavy atom. The van der Waals surface area contributed by atoms with Crippen LogP contribution in [0.1, 0.15) is 0 Å². The number of rotatable bonds is 1. The van der Waals surface area contributed by atoms with Crippen molar-refractivity contribution in [2.24, 2.45) is 0 Å². The largest absolute Gasteiger partial charge is 0.369 e. The van der Waals surface area contributed by atoms with Crippen LogP contribution in [0, 0.1) is 0 Å². The van der Waals surface area contributed by atoms with Crippen LogP contribution < -0.4 is 22.5 Å². The van der Waals surface area contributed by atoms with Crippen molar-refractivity contribution < 1.29 is 0 Å². The summed E-state index contributed by atoms with van der Waals surface area (Å²) in [6.07, 6.45) is 2.47. The number of anilines is 1. The molecule has 0 aromatic carbocycles. The first kappa shape index (κ1) is 11.0. The molecule has 3 rings (SSSR count). The number of imidazole rings is 1. The lowest BCUT2D eigenvalue weighted by Crippen LogP contribution is -2.32. The summed E-state index contributed by atoms with van der Waals surface area (Å²) in [5.74, 6) is -0.100. The van der Waals surface area contributed by atoms with E-state index in [1.54, 1.807) is 0 Å². The van der Waals surface area contributed by atoms with Gasteiger partial charge in [-0.2, -0.15) is 4.98 Å². The molecule has 96 valence electrons. The lowest BCUT2D eigenvalue weighted by molar-refractivity contribution is 0.619. The molecule has 0 unspecified atom stereocenters. The van der Waals surface area contributed by atoms with Crippen LogP contribution in [0.5, 0.6) is 0 Å². The molecule has 0 aliphatic heterocycles. The van der Waals surface area contributed by atoms with Gasteiger partial charge in [0, 0.05) is 12.3 Å². The molecule has 0 saturated heterocycles. The molecule has 4 N–H and O–H groups in total. The minimum atomic E-state index is -0.688. The third-order valence-corrected chi connectivity index (χ3v) is 2.45. The monoisotopic (exact) mass is 261 g/mol. The Hall–Kier alpha value is -3.17. The zero-order chi connectivity index (χ0) is 13.6. The Balaban J connectivity index is 2.41. The van der Waals surface area contributed by atoms with E-state index in [4.69, 9.17) is 5.73 Å². The van der Waals surface area contributed by atoms with Crippen LogP contribution in [0.2, 0.25) is 0 Å². The fraction of sp³-hybridized carbons (Fsp3) is 0. The number of hydrogen-bond acceptors (Lipinski definition) is 6. The summed E-state index contributed by atoms with van der Waals surface area (Å²) in [6, 6.07) is 1.16. The Labute approximate surface area is 103 Å². The lowest BCUT2D eigenvalue weighted by atomic mass is 10.5. The second-order valence-corrected chi connectivity index (χ2v) is 3.67. The van der Waals surface area contributed by atoms with Gasteiger partial charge in [0.15, 0.2) is 11.2 Å². The van der Waals surface area contributed by atoms with Gasteiger partial charge in [0.05, 0.1) is 0 Å². The van der Waals surface area contributed by atoms with Crippen LogP contribution in [-0.4, -0.2) is 29.3 Å². The van der Waals surface area contributed by atoms with Crippen molar-refractivity contribution in [3.8, 4) is 0 Å². The Bertz CT molecular complexity index is 945. The molecule has 3 aromatic heterocycles. The number of nitrogens with one attached hydrogen (secondary N) is 2. The topological polar surface area (TPSA) is 144 Å². The highest BCUT2D eigenvalue weighted by atomic mass is 16.2. The van der Waals surface area contributed by atoms with Gasteiger partial charge in [0.25, 0.3) is 11.1 Å². The Morgan fingerprint density at radius 3 is 2.68 bits per heavy atom. The first-order valence-corrected chi connectivity index (χ1v) is 5.12. The van der Waals surface area contributed by atoms with Gasteiger partial charge in [-0.15, -0.1) is 0 Å². The summed E-state index contributed by atoms with van der Waals surface area (Å²) in [5.41, 5.74) is 3.85. The van der Waals surface area contributed by atoms with Crippen molar-refractivity contribution in [2.45, 2.75) is 0 Å². The molecular formula is C9H7N7O3. The molecule has 0 bridgehead atoms. The fourth-order valence-corrected chi connectivity index (χ4v) is 1.65. The van der Waals surface area contributed by atoms with Gasteiger partial charge in [-0.05, 0) is 0 Å². The number of hydrogen-bond donors (Lipinski definition) is 3. The number of nitrogens with zero attached hydrogens (tertiary/aromatic N) is 4. The molecular weight excluding hydrogens is 254 g/mol. The molecule has 10 heteroatoms. The van der Waals surface area contributed by atoms with E-state index in [0.717, 1.165) is 10.7 Å². The van der Waals surface area contributed by atoms with Crippen LogP contribution >= 0.6 is 0 Å². The molecule has 0 radical (unpaired) electrons. The van der Waals surface area contributed by atoms with E-state index in [2.05, 4.69) is 19.9 Å². The third-order valence-electron chi connectivity index (χ3n) is 2.45. The van der Waals surface area contributed by atoms with Gasteiger partial charge < -0.3 is 5.73 Å². The minimum Gasteiger partial charge on any atom is -0.369 e. The zero-order valence-corrected chi connectivity index (χ0v) is 9.32. The quantitative estimate of drug-likeness (QED) is 0.456. The van der Waals surface area contributed by atoms with Crippen LogP contribution in [0.4, 0.5) is 5.95 Å². The molecule has 0 saturated carbocycles. The maximum Gasteiger partial charge on any atom is 0.347 e. The van der Waals surface area contributed by atoms with E-state index >= 15 is 0 Å². The van der Waals surface area contributed by atoms with Crippen LogP contribution in [0.25, 0.3) is 11.2 Å². The highest BCUT2D eigenvalue weighted by molar-refractivity contribution is 5.70. The summed E-state index contributed by atoms with van der Waals surface area (Å²) in [6.45, 7) is 0. The van der Waals surface area contributed by atoms with Gasteiger partial charge >= 0.3 is 5.69 Å². The van der Waals surface area contributed by atoms with Gasteiger partial charge in [-0.25, -0.2) is 19.1 Å². The van der Waals surface area contributed by atoms with E-state index in [0.29, 0.717) is 0 Å². The Kier molecular flexibility index (Phi) is 2.11. The lowest BCUT2D eigenvalue weighted by Gasteiger charge is -2.05. The number of aromatic nitrogens is 6. The first-order chi connectivity index (χ1) is 9.06. The molecule has 10 nitrogen and oxygen atoms in total. The average molecular weight is 261 g/mol. The second-order valence-electron chi connectivity index (χ2n) is 3.67. The molecule has 19 heavy (non-hydrogen) atoms. The normalized spacial score (nSPS) is 10.9. The number of H-pyrrole nitrogens is 2. The highest BCUT2D eigenvalue weighted by Crippen LogP contribution is 2.05. The molecule has 0 spiro atoms. The fourth-order valence-electron chi connectivity index (χ4n) is 1.65. The van der Waals surface area contributed by atoms with Crippen molar-refractivity contribution in [3.05, 3.63) is 49.8 Å². The van der Waals surface area contributed by atoms with E-state index in [1.807, 2.05) is 0 Å². The van der Waals surface area contributed by atoms with Gasteiger partial charge in [-0.3, -0.25) is 19.6 Å². The number of nitrogen functional groups attached to an aromatic ring is 1. The predicted octanol–water partition coefficient (Wildman–Crippen LogP) is -2.14.